The van der Waals surface area contributed by atoms with Crippen molar-refractivity contribution in [2.24, 2.45) is 0 Å². The Morgan fingerprint density at radius 1 is 1.33 bits per heavy atom. The Bertz CT molecular complexity index is 123. The van der Waals surface area contributed by atoms with E-state index in [1.807, 2.05) is 0 Å². The Balaban J connectivity index is 3.99. The van der Waals surface area contributed by atoms with Gasteiger partial charge in [-0.2, -0.15) is 0 Å². The van der Waals surface area contributed by atoms with E-state index < -0.39 is 22.7 Å². The van der Waals surface area contributed by atoms with Crippen molar-refractivity contribution in [1.82, 2.24) is 0 Å². The summed E-state index contributed by atoms with van der Waals surface area (Å²) in [5, 5.41) is 18.9. The molecule has 0 atom stereocenters. The van der Waals surface area contributed by atoms with Gasteiger partial charge < -0.3 is 0 Å². The minimum absolute atomic E-state index is 1.36. The van der Waals surface area contributed by atoms with Crippen LogP contribution in [0.25, 0.3) is 0 Å². The Labute approximate surface area is 48.6 Å². The molecule has 0 aromatic rings. The number of nitro groups is 2. The normalized spacial score (nSPS) is 9.56. The average Bonchev–Trinajstić information content (AvgIpc) is 1.64. The summed E-state index contributed by atoms with van der Waals surface area (Å²) in [6.45, 7) is -1.65. The van der Waals surface area contributed by atoms with E-state index in [4.69, 9.17) is 0 Å². The van der Waals surface area contributed by atoms with Gasteiger partial charge in [0.2, 0.25) is 6.67 Å². The van der Waals surface area contributed by atoms with E-state index in [1.54, 1.807) is 0 Å². The SMILES string of the molecule is O=[N+]([O-])[C](CF)[N+](=O)[O-]. The number of halogens is 1. The zero-order valence-corrected chi connectivity index (χ0v) is 4.11. The molecule has 0 aromatic heterocycles. The zero-order chi connectivity index (χ0) is 7.44. The van der Waals surface area contributed by atoms with Gasteiger partial charge in [-0.3, -0.25) is 20.2 Å². The van der Waals surface area contributed by atoms with E-state index in [2.05, 4.69) is 0 Å². The minimum Gasteiger partial charge on any atom is -0.258 e. The van der Waals surface area contributed by atoms with Crippen LogP contribution in [0.1, 0.15) is 0 Å². The number of hydrogen-bond donors (Lipinski definition) is 0. The summed E-state index contributed by atoms with van der Waals surface area (Å²) < 4.78 is 11.2. The molecule has 9 heavy (non-hydrogen) atoms. The Hall–Kier alpha value is -1.27. The summed E-state index contributed by atoms with van der Waals surface area (Å²) in [4.78, 5) is 16.2. The molecule has 0 saturated heterocycles. The van der Waals surface area contributed by atoms with E-state index >= 15 is 0 Å². The van der Waals surface area contributed by atoms with Crippen molar-refractivity contribution in [1.29, 1.82) is 0 Å². The number of alkyl halides is 1. The second kappa shape index (κ2) is 2.90. The van der Waals surface area contributed by atoms with Crippen LogP contribution in [-0.4, -0.2) is 16.5 Å². The quantitative estimate of drug-likeness (QED) is 0.404. The molecular formula is C2H2FN2O4. The summed E-state index contributed by atoms with van der Waals surface area (Å²) in [6, 6.07) is 0. The largest absolute Gasteiger partial charge is 0.625 e. The molecule has 0 N–H and O–H groups in total. The highest BCUT2D eigenvalue weighted by atomic mass is 19.1. The van der Waals surface area contributed by atoms with Gasteiger partial charge in [-0.1, -0.05) is 0 Å². The van der Waals surface area contributed by atoms with Gasteiger partial charge in [0.1, 0.15) is 9.85 Å². The van der Waals surface area contributed by atoms with Crippen molar-refractivity contribution in [2.75, 3.05) is 6.67 Å². The van der Waals surface area contributed by atoms with Gasteiger partial charge in [0.15, 0.2) is 0 Å². The minimum atomic E-state index is -1.65. The van der Waals surface area contributed by atoms with Gasteiger partial charge in [0.25, 0.3) is 0 Å². The average molecular weight is 137 g/mol. The molecule has 1 radical (unpaired) electrons. The predicted molar refractivity (Wildman–Crippen MR) is 23.2 cm³/mol. The second-order valence-corrected chi connectivity index (χ2v) is 1.06. The molecule has 0 aromatic carbocycles. The molecule has 0 spiro atoms. The van der Waals surface area contributed by atoms with E-state index in [9.17, 15) is 24.6 Å². The summed E-state index contributed by atoms with van der Waals surface area (Å²) in [7, 11) is 0. The summed E-state index contributed by atoms with van der Waals surface area (Å²) in [5.74, 6) is 0. The maximum absolute atomic E-state index is 11.2. The lowest BCUT2D eigenvalue weighted by Gasteiger charge is -1.88. The molecule has 7 heteroatoms. The predicted octanol–water partition coefficient (Wildman–Crippen LogP) is -0.00121. The highest BCUT2D eigenvalue weighted by molar-refractivity contribution is 4.56. The van der Waals surface area contributed by atoms with Crippen molar-refractivity contribution in [3.63, 3.8) is 0 Å². The van der Waals surface area contributed by atoms with E-state index in [0.717, 1.165) is 0 Å². The fourth-order valence-corrected chi connectivity index (χ4v) is 0.164. The van der Waals surface area contributed by atoms with Gasteiger partial charge >= 0.3 is 6.17 Å². The van der Waals surface area contributed by atoms with Crippen LogP contribution in [0.3, 0.4) is 0 Å². The molecule has 0 fully saturated rings. The van der Waals surface area contributed by atoms with Gasteiger partial charge in [-0.25, -0.2) is 4.39 Å². The molecule has 0 heterocycles. The first kappa shape index (κ1) is 7.73. The first-order chi connectivity index (χ1) is 4.09. The van der Waals surface area contributed by atoms with Crippen LogP contribution in [-0.2, 0) is 0 Å². The van der Waals surface area contributed by atoms with Crippen LogP contribution < -0.4 is 0 Å². The van der Waals surface area contributed by atoms with Gasteiger partial charge in [-0.05, 0) is 0 Å². The molecule has 0 aliphatic heterocycles. The van der Waals surface area contributed by atoms with E-state index in [0.29, 0.717) is 0 Å². The van der Waals surface area contributed by atoms with Crippen molar-refractivity contribution in [3.05, 3.63) is 26.4 Å². The Morgan fingerprint density at radius 3 is 1.67 bits per heavy atom. The van der Waals surface area contributed by atoms with Crippen molar-refractivity contribution < 1.29 is 14.2 Å². The summed E-state index contributed by atoms with van der Waals surface area (Å²) in [6.07, 6.45) is -1.53. The summed E-state index contributed by atoms with van der Waals surface area (Å²) in [5.41, 5.74) is 0. The highest BCUT2D eigenvalue weighted by Crippen LogP contribution is 2.00. The highest BCUT2D eigenvalue weighted by Gasteiger charge is 2.38. The fourth-order valence-electron chi connectivity index (χ4n) is 0.164. The molecule has 0 aliphatic carbocycles. The Kier molecular flexibility index (Phi) is 2.49. The van der Waals surface area contributed by atoms with Crippen molar-refractivity contribution in [3.8, 4) is 0 Å². The van der Waals surface area contributed by atoms with Crippen LogP contribution >= 0.6 is 0 Å². The lowest BCUT2D eigenvalue weighted by molar-refractivity contribution is -0.671. The number of nitrogens with zero attached hydrogens (tertiary/aromatic N) is 2. The van der Waals surface area contributed by atoms with Crippen LogP contribution in [0.4, 0.5) is 4.39 Å². The number of hydrogen-bond acceptors (Lipinski definition) is 4. The third-order valence-corrected chi connectivity index (χ3v) is 0.541. The topological polar surface area (TPSA) is 86.3 Å². The first-order valence-corrected chi connectivity index (χ1v) is 1.80. The Morgan fingerprint density at radius 2 is 1.67 bits per heavy atom. The van der Waals surface area contributed by atoms with Crippen LogP contribution in [0, 0.1) is 26.4 Å². The lowest BCUT2D eigenvalue weighted by Crippen LogP contribution is -2.21. The van der Waals surface area contributed by atoms with Crippen molar-refractivity contribution in [2.45, 2.75) is 0 Å². The monoisotopic (exact) mass is 137 g/mol. The third-order valence-electron chi connectivity index (χ3n) is 0.541. The van der Waals surface area contributed by atoms with Crippen LogP contribution in [0.2, 0.25) is 0 Å². The molecule has 0 bridgehead atoms. The van der Waals surface area contributed by atoms with Gasteiger partial charge in [0.05, 0.1) is 0 Å². The molecule has 0 aliphatic rings. The van der Waals surface area contributed by atoms with Crippen molar-refractivity contribution >= 4 is 0 Å². The molecule has 6 nitrogen and oxygen atoms in total. The standard InChI is InChI=1S/C2H2FN2O4/c3-1-2(4(6)7)5(8)9/h1H2. The van der Waals surface area contributed by atoms with Gasteiger partial charge in [0, 0.05) is 0 Å². The van der Waals surface area contributed by atoms with E-state index in [1.165, 1.54) is 0 Å². The molecule has 0 rings (SSSR count). The zero-order valence-electron chi connectivity index (χ0n) is 4.11. The number of rotatable bonds is 3. The molecule has 51 valence electrons. The first-order valence-electron chi connectivity index (χ1n) is 1.80. The van der Waals surface area contributed by atoms with E-state index in [-0.39, 0.29) is 0 Å². The van der Waals surface area contributed by atoms with Gasteiger partial charge in [-0.15, -0.1) is 0 Å². The maximum atomic E-state index is 11.2. The third kappa shape index (κ3) is 1.98. The molecular weight excluding hydrogens is 135 g/mol. The fraction of sp³-hybridized carbons (Fsp3) is 0.500. The summed E-state index contributed by atoms with van der Waals surface area (Å²) >= 11 is 0. The van der Waals surface area contributed by atoms with Crippen LogP contribution in [0.15, 0.2) is 0 Å². The van der Waals surface area contributed by atoms with Crippen LogP contribution in [0.5, 0.6) is 0 Å². The maximum Gasteiger partial charge on any atom is 0.625 e. The smallest absolute Gasteiger partial charge is 0.258 e. The second-order valence-electron chi connectivity index (χ2n) is 1.06. The molecule has 0 amide bonds. The molecule has 0 saturated carbocycles. The molecule has 0 unspecified atom stereocenters. The lowest BCUT2D eigenvalue weighted by atomic mass is 10.6.